The fraction of sp³-hybridized carbons (Fsp3) is 1.00. The molecule has 0 spiro atoms. The molecule has 1 nitrogen and oxygen atoms in total. The Labute approximate surface area is 87.9 Å². The van der Waals surface area contributed by atoms with Gasteiger partial charge in [-0.05, 0) is 12.3 Å². The number of aliphatic hydroxyl groups excluding tert-OH is 1. The van der Waals surface area contributed by atoms with E-state index in [1.54, 1.807) is 0 Å². The van der Waals surface area contributed by atoms with Crippen molar-refractivity contribution in [3.05, 3.63) is 0 Å². The van der Waals surface area contributed by atoms with E-state index in [1.165, 1.54) is 0 Å². The van der Waals surface area contributed by atoms with Gasteiger partial charge in [-0.15, -0.1) is 0 Å². The quantitative estimate of drug-likeness (QED) is 0.533. The first-order valence-corrected chi connectivity index (χ1v) is 2.38. The zero-order valence-corrected chi connectivity index (χ0v) is 4.44. The Balaban J connectivity index is 0. The average Bonchev–Trinajstić information content (AvgIpc) is 1.35. The molecule has 0 rings (SSSR count). The van der Waals surface area contributed by atoms with Gasteiger partial charge in [0.25, 0.3) is 0 Å². The normalized spacial score (nSPS) is 8.57. The van der Waals surface area contributed by atoms with E-state index in [4.69, 9.17) is 5.11 Å². The molecule has 0 bridgehead atoms. The van der Waals surface area contributed by atoms with E-state index in [1.807, 2.05) is 0 Å². The first-order chi connectivity index (χ1) is 2.77. The van der Waals surface area contributed by atoms with Crippen LogP contribution >= 0.6 is 0 Å². The summed E-state index contributed by atoms with van der Waals surface area (Å²) in [6.45, 7) is 4.52. The molecule has 0 saturated heterocycles. The minimum absolute atomic E-state index is 0. The SMILES string of the molecule is CC(C)CCO.[KH]. The standard InChI is InChI=1S/C5H12O.K.H/c1-5(2)3-4-6;;/h5-6H,3-4H2,1-2H3;;. The topological polar surface area (TPSA) is 20.2 Å². The maximum absolute atomic E-state index is 8.24. The van der Waals surface area contributed by atoms with Crippen molar-refractivity contribution >= 4 is 51.4 Å². The fourth-order valence-corrected chi connectivity index (χ4v) is 0.258. The predicted octanol–water partition coefficient (Wildman–Crippen LogP) is 0.376. The number of hydrogen-bond donors (Lipinski definition) is 1. The second-order valence-corrected chi connectivity index (χ2v) is 1.91. The van der Waals surface area contributed by atoms with Crippen LogP contribution in [0.3, 0.4) is 0 Å². The van der Waals surface area contributed by atoms with Crippen molar-refractivity contribution in [3.63, 3.8) is 0 Å². The molecule has 7 heavy (non-hydrogen) atoms. The number of hydrogen-bond acceptors (Lipinski definition) is 1. The molecule has 0 aliphatic carbocycles. The Morgan fingerprint density at radius 2 is 1.86 bits per heavy atom. The van der Waals surface area contributed by atoms with Gasteiger partial charge in [-0.2, -0.15) is 0 Å². The first kappa shape index (κ1) is 11.4. The summed E-state index contributed by atoms with van der Waals surface area (Å²) in [5, 5.41) is 8.24. The van der Waals surface area contributed by atoms with Gasteiger partial charge in [0.05, 0.1) is 0 Å². The second-order valence-electron chi connectivity index (χ2n) is 1.91. The van der Waals surface area contributed by atoms with Crippen LogP contribution in [0.4, 0.5) is 0 Å². The van der Waals surface area contributed by atoms with Gasteiger partial charge < -0.3 is 5.11 Å². The first-order valence-electron chi connectivity index (χ1n) is 2.38. The summed E-state index contributed by atoms with van der Waals surface area (Å²) in [7, 11) is 0. The van der Waals surface area contributed by atoms with Crippen molar-refractivity contribution in [1.82, 2.24) is 0 Å². The maximum atomic E-state index is 8.24. The molecule has 0 heterocycles. The summed E-state index contributed by atoms with van der Waals surface area (Å²) < 4.78 is 0. The van der Waals surface area contributed by atoms with Gasteiger partial charge in [0.2, 0.25) is 0 Å². The molecular formula is C5H13KO. The van der Waals surface area contributed by atoms with Gasteiger partial charge in [-0.25, -0.2) is 0 Å². The predicted molar refractivity (Wildman–Crippen MR) is 33.7 cm³/mol. The fourth-order valence-electron chi connectivity index (χ4n) is 0.258. The van der Waals surface area contributed by atoms with Crippen molar-refractivity contribution in [2.24, 2.45) is 5.92 Å². The average molecular weight is 128 g/mol. The van der Waals surface area contributed by atoms with Crippen LogP contribution in [0.1, 0.15) is 20.3 Å². The summed E-state index contributed by atoms with van der Waals surface area (Å²) >= 11 is 0. The van der Waals surface area contributed by atoms with Crippen LogP contribution < -0.4 is 0 Å². The number of rotatable bonds is 2. The van der Waals surface area contributed by atoms with Gasteiger partial charge in [0.15, 0.2) is 0 Å². The third kappa shape index (κ3) is 11.3. The number of aliphatic hydroxyl groups is 1. The van der Waals surface area contributed by atoms with Gasteiger partial charge in [-0.1, -0.05) is 13.8 Å². The zero-order valence-electron chi connectivity index (χ0n) is 4.44. The van der Waals surface area contributed by atoms with Crippen molar-refractivity contribution in [2.45, 2.75) is 20.3 Å². The molecule has 0 unspecified atom stereocenters. The van der Waals surface area contributed by atoms with E-state index in [0.29, 0.717) is 12.5 Å². The molecule has 0 amide bonds. The van der Waals surface area contributed by atoms with E-state index in [9.17, 15) is 0 Å². The van der Waals surface area contributed by atoms with Crippen LogP contribution in [-0.2, 0) is 0 Å². The Hall–Kier alpha value is 1.60. The van der Waals surface area contributed by atoms with Crippen LogP contribution in [0, 0.1) is 5.92 Å². The Morgan fingerprint density at radius 3 is 1.86 bits per heavy atom. The van der Waals surface area contributed by atoms with Crippen molar-refractivity contribution in [1.29, 1.82) is 0 Å². The molecule has 2 heteroatoms. The van der Waals surface area contributed by atoms with Crippen LogP contribution in [0.25, 0.3) is 0 Å². The molecule has 0 atom stereocenters. The van der Waals surface area contributed by atoms with Gasteiger partial charge in [-0.3, -0.25) is 0 Å². The van der Waals surface area contributed by atoms with E-state index in [0.717, 1.165) is 6.42 Å². The molecule has 0 aliphatic heterocycles. The molecule has 0 aromatic heterocycles. The summed E-state index contributed by atoms with van der Waals surface area (Å²) in [6.07, 6.45) is 0.931. The van der Waals surface area contributed by atoms with Crippen molar-refractivity contribution in [3.8, 4) is 0 Å². The molecule has 1 N–H and O–H groups in total. The third-order valence-corrected chi connectivity index (χ3v) is 0.706. The van der Waals surface area contributed by atoms with Crippen molar-refractivity contribution < 1.29 is 5.11 Å². The molecule has 0 saturated carbocycles. The second kappa shape index (κ2) is 7.60. The van der Waals surface area contributed by atoms with Crippen LogP contribution in [0.5, 0.6) is 0 Å². The molecule has 0 aliphatic rings. The zero-order chi connectivity index (χ0) is 4.99. The minimum atomic E-state index is 0. The Kier molecular flexibility index (Phi) is 12.4. The molecule has 0 aromatic carbocycles. The van der Waals surface area contributed by atoms with E-state index >= 15 is 0 Å². The van der Waals surface area contributed by atoms with Crippen LogP contribution in [0.2, 0.25) is 0 Å². The molecule has 40 valence electrons. The molecule has 0 radical (unpaired) electrons. The van der Waals surface area contributed by atoms with Gasteiger partial charge in [0.1, 0.15) is 0 Å². The summed E-state index contributed by atoms with van der Waals surface area (Å²) in [6, 6.07) is 0. The van der Waals surface area contributed by atoms with E-state index in [-0.39, 0.29) is 51.4 Å². The molecular weight excluding hydrogens is 115 g/mol. The summed E-state index contributed by atoms with van der Waals surface area (Å²) in [5.41, 5.74) is 0. The van der Waals surface area contributed by atoms with Crippen LogP contribution in [0.15, 0.2) is 0 Å². The summed E-state index contributed by atoms with van der Waals surface area (Å²) in [5.74, 6) is 0.648. The van der Waals surface area contributed by atoms with E-state index in [2.05, 4.69) is 13.8 Å². The van der Waals surface area contributed by atoms with Gasteiger partial charge >= 0.3 is 51.4 Å². The Bertz CT molecular complexity index is 29.3. The van der Waals surface area contributed by atoms with Crippen LogP contribution in [-0.4, -0.2) is 63.1 Å². The monoisotopic (exact) mass is 128 g/mol. The Morgan fingerprint density at radius 1 is 1.43 bits per heavy atom. The summed E-state index contributed by atoms with van der Waals surface area (Å²) in [4.78, 5) is 0. The van der Waals surface area contributed by atoms with E-state index < -0.39 is 0 Å². The van der Waals surface area contributed by atoms with Gasteiger partial charge in [0, 0.05) is 6.61 Å². The third-order valence-electron chi connectivity index (χ3n) is 0.706. The molecule has 0 aromatic rings. The van der Waals surface area contributed by atoms with Crippen molar-refractivity contribution in [2.75, 3.05) is 6.61 Å². The molecule has 0 fully saturated rings.